The van der Waals surface area contributed by atoms with Crippen molar-refractivity contribution < 1.29 is 4.79 Å². The molecular weight excluding hydrogens is 324 g/mol. The van der Waals surface area contributed by atoms with Gasteiger partial charge in [0.1, 0.15) is 6.07 Å². The van der Waals surface area contributed by atoms with Crippen molar-refractivity contribution in [3.05, 3.63) is 60.7 Å². The first-order valence-electron chi connectivity index (χ1n) is 7.38. The molecule has 0 saturated heterocycles. The van der Waals surface area contributed by atoms with E-state index in [9.17, 15) is 10.1 Å². The van der Waals surface area contributed by atoms with Crippen LogP contribution in [0, 0.1) is 11.3 Å². The molecule has 3 nitrogen and oxygen atoms in total. The molecule has 23 heavy (non-hydrogen) atoms. The van der Waals surface area contributed by atoms with Crippen molar-refractivity contribution in [2.24, 2.45) is 0 Å². The van der Waals surface area contributed by atoms with Crippen LogP contribution in [0.5, 0.6) is 0 Å². The molecule has 0 aromatic heterocycles. The molecule has 2 aromatic carbocycles. The third-order valence-electron chi connectivity index (χ3n) is 2.99. The zero-order chi connectivity index (χ0) is 16.5. The third kappa shape index (κ3) is 4.78. The fraction of sp³-hybridized carbons (Fsp3) is 0.222. The molecule has 0 radical (unpaired) electrons. The van der Waals surface area contributed by atoms with Crippen molar-refractivity contribution in [2.45, 2.75) is 27.2 Å². The van der Waals surface area contributed by atoms with Crippen LogP contribution in [0.3, 0.4) is 0 Å². The Labute approximate surface area is 145 Å². The summed E-state index contributed by atoms with van der Waals surface area (Å²) in [6.07, 6.45) is 0.833. The number of thioether (sulfide) groups is 2. The lowest BCUT2D eigenvalue weighted by Crippen LogP contribution is -2.41. The van der Waals surface area contributed by atoms with Crippen molar-refractivity contribution >= 4 is 29.4 Å². The number of carbonyl (C=O) groups excluding carboxylic acids is 1. The van der Waals surface area contributed by atoms with Gasteiger partial charge in [0.2, 0.25) is 4.08 Å². The van der Waals surface area contributed by atoms with E-state index in [0.717, 1.165) is 16.2 Å². The molecule has 0 spiro atoms. The van der Waals surface area contributed by atoms with E-state index in [1.165, 1.54) is 23.5 Å². The highest BCUT2D eigenvalue weighted by Gasteiger charge is 2.41. The summed E-state index contributed by atoms with van der Waals surface area (Å²) in [7, 11) is 0. The maximum Gasteiger partial charge on any atom is 0.261 e. The Morgan fingerprint density at radius 3 is 1.91 bits per heavy atom. The number of nitrogens with zero attached hydrogens (tertiary/aromatic N) is 1. The summed E-state index contributed by atoms with van der Waals surface area (Å²) in [5.41, 5.74) is 0. The molecule has 118 valence electrons. The molecule has 0 unspecified atom stereocenters. The second kappa shape index (κ2) is 8.66. The Balaban J connectivity index is 2.31. The number of benzene rings is 2. The summed E-state index contributed by atoms with van der Waals surface area (Å²) in [4.78, 5) is 14.5. The first-order valence-corrected chi connectivity index (χ1v) is 9.01. The fourth-order valence-electron chi connectivity index (χ4n) is 1.87. The average molecular weight is 342 g/mol. The van der Waals surface area contributed by atoms with Gasteiger partial charge >= 0.3 is 0 Å². The maximum atomic E-state index is 12.7. The van der Waals surface area contributed by atoms with E-state index in [-0.39, 0.29) is 5.91 Å². The first-order chi connectivity index (χ1) is 11.2. The topological polar surface area (TPSA) is 52.9 Å². The Hall–Kier alpha value is -1.90. The minimum absolute atomic E-state index is 0.260. The van der Waals surface area contributed by atoms with Gasteiger partial charge in [0.25, 0.3) is 5.91 Å². The maximum absolute atomic E-state index is 12.7. The minimum Gasteiger partial charge on any atom is -0.353 e. The SMILES string of the molecule is CCCNC(=O)C(C#N)(Sc1ccccc1)Sc1ccccc1. The molecule has 0 fully saturated rings. The fourth-order valence-corrected chi connectivity index (χ4v) is 4.29. The predicted octanol–water partition coefficient (Wildman–Crippen LogP) is 4.32. The van der Waals surface area contributed by atoms with Crippen LogP contribution in [0.4, 0.5) is 0 Å². The van der Waals surface area contributed by atoms with Crippen LogP contribution in [0.25, 0.3) is 0 Å². The van der Waals surface area contributed by atoms with E-state index in [1.54, 1.807) is 0 Å². The number of hydrogen-bond donors (Lipinski definition) is 1. The van der Waals surface area contributed by atoms with Gasteiger partial charge in [-0.05, 0) is 30.7 Å². The van der Waals surface area contributed by atoms with Crippen molar-refractivity contribution in [1.29, 1.82) is 5.26 Å². The second-order valence-electron chi connectivity index (χ2n) is 4.81. The molecule has 1 amide bonds. The van der Waals surface area contributed by atoms with Gasteiger partial charge < -0.3 is 5.32 Å². The molecule has 0 atom stereocenters. The molecule has 0 bridgehead atoms. The van der Waals surface area contributed by atoms with Crippen molar-refractivity contribution in [2.75, 3.05) is 6.54 Å². The molecule has 0 heterocycles. The number of hydrogen-bond acceptors (Lipinski definition) is 4. The molecule has 0 saturated carbocycles. The smallest absolute Gasteiger partial charge is 0.261 e. The highest BCUT2D eigenvalue weighted by Crippen LogP contribution is 2.45. The largest absolute Gasteiger partial charge is 0.353 e. The Kier molecular flexibility index (Phi) is 6.57. The molecule has 0 aliphatic carbocycles. The lowest BCUT2D eigenvalue weighted by molar-refractivity contribution is -0.120. The monoisotopic (exact) mass is 342 g/mol. The van der Waals surface area contributed by atoms with Crippen molar-refractivity contribution in [3.8, 4) is 6.07 Å². The lowest BCUT2D eigenvalue weighted by Gasteiger charge is -2.24. The van der Waals surface area contributed by atoms with E-state index in [4.69, 9.17) is 0 Å². The van der Waals surface area contributed by atoms with Crippen molar-refractivity contribution in [3.63, 3.8) is 0 Å². The van der Waals surface area contributed by atoms with Crippen LogP contribution in [-0.4, -0.2) is 16.5 Å². The number of carbonyl (C=O) groups is 1. The summed E-state index contributed by atoms with van der Waals surface area (Å²) in [5, 5.41) is 12.7. The Morgan fingerprint density at radius 1 is 1.04 bits per heavy atom. The normalized spacial score (nSPS) is 10.8. The van der Waals surface area contributed by atoms with E-state index in [1.807, 2.05) is 67.6 Å². The van der Waals surface area contributed by atoms with Gasteiger partial charge in [-0.2, -0.15) is 5.26 Å². The van der Waals surface area contributed by atoms with E-state index in [0.29, 0.717) is 6.54 Å². The van der Waals surface area contributed by atoms with Gasteiger partial charge in [-0.1, -0.05) is 66.8 Å². The zero-order valence-electron chi connectivity index (χ0n) is 12.9. The van der Waals surface area contributed by atoms with Gasteiger partial charge in [-0.25, -0.2) is 0 Å². The highest BCUT2D eigenvalue weighted by molar-refractivity contribution is 8.19. The van der Waals surface area contributed by atoms with Gasteiger partial charge in [0.05, 0.1) is 0 Å². The zero-order valence-corrected chi connectivity index (χ0v) is 14.5. The lowest BCUT2D eigenvalue weighted by atomic mass is 10.4. The Morgan fingerprint density at radius 2 is 1.52 bits per heavy atom. The van der Waals surface area contributed by atoms with E-state index >= 15 is 0 Å². The van der Waals surface area contributed by atoms with Crippen LogP contribution >= 0.6 is 23.5 Å². The highest BCUT2D eigenvalue weighted by atomic mass is 32.2. The number of amides is 1. The standard InChI is InChI=1S/C18H18N2OS2/c1-2-13-20-17(21)18(14-19,22-15-9-5-3-6-10-15)23-16-11-7-4-8-12-16/h3-12H,2,13H2,1H3,(H,20,21). The quantitative estimate of drug-likeness (QED) is 0.601. The minimum atomic E-state index is -1.25. The van der Waals surface area contributed by atoms with Gasteiger partial charge in [0, 0.05) is 16.3 Å². The van der Waals surface area contributed by atoms with Crippen LogP contribution in [-0.2, 0) is 4.79 Å². The van der Waals surface area contributed by atoms with Crippen LogP contribution in [0.15, 0.2) is 70.5 Å². The number of nitrogens with one attached hydrogen (secondary N) is 1. The Bertz CT molecular complexity index is 627. The molecule has 5 heteroatoms. The van der Waals surface area contributed by atoms with Crippen LogP contribution < -0.4 is 5.32 Å². The molecule has 2 aromatic rings. The van der Waals surface area contributed by atoms with E-state index in [2.05, 4.69) is 11.4 Å². The summed E-state index contributed by atoms with van der Waals surface area (Å²) in [6.45, 7) is 2.55. The van der Waals surface area contributed by atoms with Gasteiger partial charge in [-0.15, -0.1) is 0 Å². The summed E-state index contributed by atoms with van der Waals surface area (Å²) >= 11 is 2.56. The molecule has 0 aliphatic rings. The summed E-state index contributed by atoms with van der Waals surface area (Å²) in [6, 6.07) is 21.3. The van der Waals surface area contributed by atoms with Crippen molar-refractivity contribution in [1.82, 2.24) is 5.32 Å². The number of nitriles is 1. The van der Waals surface area contributed by atoms with Gasteiger partial charge in [0.15, 0.2) is 0 Å². The summed E-state index contributed by atoms with van der Waals surface area (Å²) in [5.74, 6) is -0.260. The third-order valence-corrected chi connectivity index (χ3v) is 5.64. The molecular formula is C18H18N2OS2. The van der Waals surface area contributed by atoms with Crippen LogP contribution in [0.2, 0.25) is 0 Å². The molecule has 2 rings (SSSR count). The average Bonchev–Trinajstić information content (AvgIpc) is 2.60. The molecule has 0 aliphatic heterocycles. The van der Waals surface area contributed by atoms with E-state index < -0.39 is 4.08 Å². The second-order valence-corrected chi connectivity index (χ2v) is 7.65. The van der Waals surface area contributed by atoms with Gasteiger partial charge in [-0.3, -0.25) is 4.79 Å². The number of rotatable bonds is 7. The first kappa shape index (κ1) is 17.5. The van der Waals surface area contributed by atoms with Crippen LogP contribution in [0.1, 0.15) is 13.3 Å². The molecule has 1 N–H and O–H groups in total. The predicted molar refractivity (Wildman–Crippen MR) is 96.2 cm³/mol. The summed E-state index contributed by atoms with van der Waals surface area (Å²) < 4.78 is -1.25.